The molecule has 10 heavy (non-hydrogen) atoms. The molecule has 0 bridgehead atoms. The SMILES string of the molecule is [2H]c1nc2[nH]c([2H])c([2H])c2nc1Cl. The van der Waals surface area contributed by atoms with E-state index in [4.69, 9.17) is 15.7 Å². The largest absolute Gasteiger partial charge is 0.345 e. The predicted octanol–water partition coefficient (Wildman–Crippen LogP) is 1.61. The van der Waals surface area contributed by atoms with E-state index in [9.17, 15) is 0 Å². The molecule has 0 atom stereocenters. The molecule has 0 saturated heterocycles. The molecule has 0 aliphatic rings. The highest BCUT2D eigenvalue weighted by Gasteiger charge is 1.95. The van der Waals surface area contributed by atoms with Crippen LogP contribution < -0.4 is 0 Å². The van der Waals surface area contributed by atoms with Gasteiger partial charge in [-0.25, -0.2) is 9.97 Å². The molecular weight excluding hydrogens is 150 g/mol. The Labute approximate surface area is 66.3 Å². The highest BCUT2D eigenvalue weighted by atomic mass is 35.5. The number of rotatable bonds is 0. The fourth-order valence-corrected chi connectivity index (χ4v) is 0.782. The molecular formula is C6H4ClN3. The van der Waals surface area contributed by atoms with E-state index < -0.39 is 0 Å². The van der Waals surface area contributed by atoms with Gasteiger partial charge >= 0.3 is 0 Å². The Balaban J connectivity index is 2.89. The third kappa shape index (κ3) is 0.752. The molecule has 0 aliphatic heterocycles. The maximum atomic E-state index is 7.39. The number of nitrogens with zero attached hydrogens (tertiary/aromatic N) is 2. The summed E-state index contributed by atoms with van der Waals surface area (Å²) in [5, 5.41) is -0.0556. The molecule has 0 radical (unpaired) electrons. The molecule has 0 fully saturated rings. The zero-order valence-corrected chi connectivity index (χ0v) is 5.53. The van der Waals surface area contributed by atoms with E-state index in [0.717, 1.165) is 0 Å². The fourth-order valence-electron chi connectivity index (χ4n) is 0.655. The molecule has 0 aliphatic carbocycles. The molecule has 1 N–H and O–H groups in total. The quantitative estimate of drug-likeness (QED) is 0.630. The molecule has 0 amide bonds. The van der Waals surface area contributed by atoms with E-state index >= 15 is 0 Å². The van der Waals surface area contributed by atoms with Crippen LogP contribution in [-0.4, -0.2) is 15.0 Å². The van der Waals surface area contributed by atoms with Crippen LogP contribution in [0.15, 0.2) is 18.4 Å². The minimum Gasteiger partial charge on any atom is -0.345 e. The monoisotopic (exact) mass is 156 g/mol. The van der Waals surface area contributed by atoms with Crippen molar-refractivity contribution in [3.8, 4) is 0 Å². The summed E-state index contributed by atoms with van der Waals surface area (Å²) >= 11 is 5.55. The number of H-pyrrole nitrogens is 1. The van der Waals surface area contributed by atoms with E-state index in [2.05, 4.69) is 15.0 Å². The standard InChI is InChI=1S/C6H4ClN3/c7-5-3-9-6-4(10-5)1-2-8-6/h1-3H,(H,8,9)/i1D,2D,3D. The van der Waals surface area contributed by atoms with Crippen LogP contribution in [0.5, 0.6) is 0 Å². The molecule has 2 rings (SSSR count). The van der Waals surface area contributed by atoms with Crippen molar-refractivity contribution in [1.82, 2.24) is 15.0 Å². The summed E-state index contributed by atoms with van der Waals surface area (Å²) in [7, 11) is 0. The van der Waals surface area contributed by atoms with Gasteiger partial charge in [-0.05, 0) is 6.04 Å². The van der Waals surface area contributed by atoms with Gasteiger partial charge in [-0.3, -0.25) is 0 Å². The zero-order valence-electron chi connectivity index (χ0n) is 7.77. The van der Waals surface area contributed by atoms with Crippen molar-refractivity contribution in [2.45, 2.75) is 0 Å². The summed E-state index contributed by atoms with van der Waals surface area (Å²) in [6.45, 7) is 0. The van der Waals surface area contributed by atoms with E-state index in [0.29, 0.717) is 0 Å². The van der Waals surface area contributed by atoms with E-state index in [1.54, 1.807) is 0 Å². The number of aromatic amines is 1. The number of fused-ring (bicyclic) bond motifs is 1. The number of nitrogens with one attached hydrogen (secondary N) is 1. The number of halogens is 1. The van der Waals surface area contributed by atoms with Crippen LogP contribution in [0, 0.1) is 0 Å². The maximum Gasteiger partial charge on any atom is 0.156 e. The summed E-state index contributed by atoms with van der Waals surface area (Å²) in [5.74, 6) is 0. The van der Waals surface area contributed by atoms with Gasteiger partial charge in [-0.2, -0.15) is 0 Å². The maximum absolute atomic E-state index is 7.39. The Morgan fingerprint density at radius 1 is 1.70 bits per heavy atom. The van der Waals surface area contributed by atoms with E-state index in [1.807, 2.05) is 0 Å². The molecule has 2 aromatic heterocycles. The van der Waals surface area contributed by atoms with Crippen molar-refractivity contribution in [1.29, 1.82) is 0 Å². The van der Waals surface area contributed by atoms with Crippen molar-refractivity contribution >= 4 is 22.8 Å². The summed E-state index contributed by atoms with van der Waals surface area (Å²) in [4.78, 5) is 10.0. The lowest BCUT2D eigenvalue weighted by Gasteiger charge is -1.87. The first-order valence-electron chi connectivity index (χ1n) is 4.08. The lowest BCUT2D eigenvalue weighted by atomic mass is 10.5. The van der Waals surface area contributed by atoms with Crippen molar-refractivity contribution < 1.29 is 4.11 Å². The van der Waals surface area contributed by atoms with Crippen LogP contribution >= 0.6 is 11.6 Å². The number of hydrogen-bond acceptors (Lipinski definition) is 2. The summed E-state index contributed by atoms with van der Waals surface area (Å²) in [5.41, 5.74) is 0.482. The third-order valence-corrected chi connectivity index (χ3v) is 1.23. The van der Waals surface area contributed by atoms with Crippen molar-refractivity contribution in [3.05, 3.63) is 23.5 Å². The van der Waals surface area contributed by atoms with Gasteiger partial charge in [0, 0.05) is 6.17 Å². The Kier molecular flexibility index (Phi) is 0.653. The number of hydrogen-bond donors (Lipinski definition) is 1. The second-order valence-corrected chi connectivity index (χ2v) is 2.06. The molecule has 3 nitrogen and oxygen atoms in total. The molecule has 4 heteroatoms. The normalized spacial score (nSPS) is 14.7. The molecule has 50 valence electrons. The van der Waals surface area contributed by atoms with Gasteiger partial charge in [0.2, 0.25) is 0 Å². The minimum absolute atomic E-state index is 0.0515. The van der Waals surface area contributed by atoms with Gasteiger partial charge in [-0.1, -0.05) is 11.6 Å². The Hall–Kier alpha value is -1.09. The average molecular weight is 157 g/mol. The Morgan fingerprint density at radius 2 is 2.60 bits per heavy atom. The minimum atomic E-state index is -0.157. The van der Waals surface area contributed by atoms with Gasteiger partial charge in [0.25, 0.3) is 0 Å². The summed E-state index contributed by atoms with van der Waals surface area (Å²) in [6.07, 6.45) is -0.230. The van der Waals surface area contributed by atoms with Crippen molar-refractivity contribution in [2.24, 2.45) is 0 Å². The Morgan fingerprint density at radius 3 is 3.50 bits per heavy atom. The first kappa shape index (κ1) is 3.34. The topological polar surface area (TPSA) is 41.6 Å². The molecule has 0 unspecified atom stereocenters. The van der Waals surface area contributed by atoms with Gasteiger partial charge in [0.15, 0.2) is 5.65 Å². The van der Waals surface area contributed by atoms with E-state index in [1.165, 1.54) is 0 Å². The third-order valence-electron chi connectivity index (χ3n) is 1.06. The lowest BCUT2D eigenvalue weighted by Crippen LogP contribution is -1.79. The van der Waals surface area contributed by atoms with Gasteiger partial charge < -0.3 is 4.98 Å². The average Bonchev–Trinajstić information content (AvgIpc) is 2.32. The van der Waals surface area contributed by atoms with Crippen LogP contribution in [0.1, 0.15) is 4.11 Å². The van der Waals surface area contributed by atoms with Crippen molar-refractivity contribution in [3.63, 3.8) is 0 Å². The van der Waals surface area contributed by atoms with Crippen LogP contribution in [0.25, 0.3) is 11.2 Å². The first-order valence-corrected chi connectivity index (χ1v) is 2.96. The molecule has 2 aromatic rings. The summed E-state index contributed by atoms with van der Waals surface area (Å²) in [6, 6.07) is -0.0515. The molecule has 0 spiro atoms. The zero-order chi connectivity index (χ0) is 9.59. The second kappa shape index (κ2) is 1.95. The first-order chi connectivity index (χ1) is 6.09. The van der Waals surface area contributed by atoms with Crippen LogP contribution in [0.3, 0.4) is 0 Å². The smallest absolute Gasteiger partial charge is 0.156 e. The van der Waals surface area contributed by atoms with Gasteiger partial charge in [0.1, 0.15) is 10.7 Å². The highest BCUT2D eigenvalue weighted by Crippen LogP contribution is 2.09. The molecule has 0 saturated carbocycles. The molecule has 0 aromatic carbocycles. The van der Waals surface area contributed by atoms with Crippen molar-refractivity contribution in [2.75, 3.05) is 0 Å². The Bertz CT molecular complexity index is 481. The molecule has 2 heterocycles. The van der Waals surface area contributed by atoms with Gasteiger partial charge in [0.05, 0.1) is 10.3 Å². The van der Waals surface area contributed by atoms with Crippen LogP contribution in [0.4, 0.5) is 0 Å². The van der Waals surface area contributed by atoms with Crippen LogP contribution in [0.2, 0.25) is 5.15 Å². The van der Waals surface area contributed by atoms with Gasteiger partial charge in [-0.15, -0.1) is 0 Å². The van der Waals surface area contributed by atoms with Crippen LogP contribution in [-0.2, 0) is 0 Å². The predicted molar refractivity (Wildman–Crippen MR) is 38.9 cm³/mol. The summed E-state index contributed by atoms with van der Waals surface area (Å²) < 4.78 is 21.9. The highest BCUT2D eigenvalue weighted by molar-refractivity contribution is 6.29. The lowest BCUT2D eigenvalue weighted by molar-refractivity contribution is 1.26. The fraction of sp³-hybridized carbons (Fsp3) is 0. The van der Waals surface area contributed by atoms with E-state index in [-0.39, 0.29) is 34.7 Å². The second-order valence-electron chi connectivity index (χ2n) is 1.70. The number of aromatic nitrogens is 3.